The van der Waals surface area contributed by atoms with Crippen molar-refractivity contribution in [1.29, 1.82) is 0 Å². The number of hydrogen-bond acceptors (Lipinski definition) is 4. The van der Waals surface area contributed by atoms with Crippen LogP contribution in [-0.4, -0.2) is 24.1 Å². The molecule has 4 fully saturated rings. The molecular formula is C32H40O4. The number of benzene rings is 2. The molecule has 2 aromatic rings. The van der Waals surface area contributed by atoms with Crippen LogP contribution in [0.25, 0.3) is 10.8 Å². The van der Waals surface area contributed by atoms with Gasteiger partial charge in [-0.2, -0.15) is 0 Å². The van der Waals surface area contributed by atoms with E-state index in [1.807, 2.05) is 24.3 Å². The lowest BCUT2D eigenvalue weighted by molar-refractivity contribution is -0.0249. The molecule has 6 rings (SSSR count). The monoisotopic (exact) mass is 488 g/mol. The van der Waals surface area contributed by atoms with Gasteiger partial charge in [0.2, 0.25) is 0 Å². The number of carbonyl (C=O) groups excluding carboxylic acids is 2. The second-order valence-electron chi connectivity index (χ2n) is 13.7. The molecule has 0 saturated heterocycles. The van der Waals surface area contributed by atoms with E-state index >= 15 is 0 Å². The number of rotatable bonds is 4. The summed E-state index contributed by atoms with van der Waals surface area (Å²) in [6.07, 6.45) is 6.39. The first-order chi connectivity index (χ1) is 16.9. The maximum absolute atomic E-state index is 13.5. The zero-order valence-corrected chi connectivity index (χ0v) is 22.6. The van der Waals surface area contributed by atoms with E-state index in [0.717, 1.165) is 36.5 Å². The van der Waals surface area contributed by atoms with E-state index < -0.39 is 0 Å². The maximum Gasteiger partial charge on any atom is 0.339 e. The van der Waals surface area contributed by atoms with Gasteiger partial charge in [-0.3, -0.25) is 0 Å². The molecule has 0 amide bonds. The van der Waals surface area contributed by atoms with Crippen LogP contribution in [-0.2, 0) is 9.47 Å². The number of fused-ring (bicyclic) bond motifs is 5. The molecule has 4 aliphatic carbocycles. The van der Waals surface area contributed by atoms with Crippen molar-refractivity contribution in [2.75, 3.05) is 0 Å². The average Bonchev–Trinajstić information content (AvgIpc) is 3.35. The first kappa shape index (κ1) is 24.0. The smallest absolute Gasteiger partial charge is 0.339 e. The van der Waals surface area contributed by atoms with Crippen LogP contribution < -0.4 is 0 Å². The number of esters is 2. The summed E-state index contributed by atoms with van der Waals surface area (Å²) in [5.74, 6) is 0.630. The topological polar surface area (TPSA) is 52.6 Å². The Hall–Kier alpha value is -2.36. The third kappa shape index (κ3) is 2.99. The molecule has 0 heterocycles. The maximum atomic E-state index is 13.5. The minimum Gasteiger partial charge on any atom is -0.458 e. The van der Waals surface area contributed by atoms with Gasteiger partial charge < -0.3 is 9.47 Å². The Morgan fingerprint density at radius 2 is 1.06 bits per heavy atom. The van der Waals surface area contributed by atoms with Crippen molar-refractivity contribution >= 4 is 22.7 Å². The van der Waals surface area contributed by atoms with Crippen LogP contribution in [0.1, 0.15) is 101 Å². The molecule has 0 aliphatic heterocycles. The first-order valence-corrected chi connectivity index (χ1v) is 13.8. The molecule has 0 unspecified atom stereocenters. The van der Waals surface area contributed by atoms with E-state index in [1.54, 1.807) is 12.1 Å². The Labute approximate surface area is 215 Å². The molecular weight excluding hydrogens is 448 g/mol. The highest BCUT2D eigenvalue weighted by molar-refractivity contribution is 6.11. The van der Waals surface area contributed by atoms with Gasteiger partial charge in [-0.15, -0.1) is 0 Å². The Bertz CT molecular complexity index is 1160. The van der Waals surface area contributed by atoms with Gasteiger partial charge in [0, 0.05) is 10.8 Å². The molecule has 0 radical (unpaired) electrons. The summed E-state index contributed by atoms with van der Waals surface area (Å²) in [7, 11) is 0. The van der Waals surface area contributed by atoms with Gasteiger partial charge in [-0.05, 0) is 84.1 Å². The fourth-order valence-electron chi connectivity index (χ4n) is 8.66. The summed E-state index contributed by atoms with van der Waals surface area (Å²) < 4.78 is 12.4. The fraction of sp³-hybridized carbons (Fsp3) is 0.625. The Kier molecular flexibility index (Phi) is 5.06. The van der Waals surface area contributed by atoms with E-state index in [9.17, 15) is 9.59 Å². The molecule has 36 heavy (non-hydrogen) atoms. The summed E-state index contributed by atoms with van der Waals surface area (Å²) in [4.78, 5) is 26.9. The van der Waals surface area contributed by atoms with Gasteiger partial charge >= 0.3 is 11.9 Å². The molecule has 2 aromatic carbocycles. The first-order valence-electron chi connectivity index (χ1n) is 13.8. The van der Waals surface area contributed by atoms with Gasteiger partial charge in [-0.25, -0.2) is 9.59 Å². The van der Waals surface area contributed by atoms with Crippen molar-refractivity contribution in [2.45, 2.75) is 92.3 Å². The Morgan fingerprint density at radius 1 is 0.667 bits per heavy atom. The van der Waals surface area contributed by atoms with Crippen molar-refractivity contribution < 1.29 is 19.1 Å². The predicted octanol–water partition coefficient (Wildman–Crippen LogP) is 7.58. The largest absolute Gasteiger partial charge is 0.458 e. The van der Waals surface area contributed by atoms with Gasteiger partial charge in [0.05, 0.1) is 11.1 Å². The summed E-state index contributed by atoms with van der Waals surface area (Å²) in [6.45, 7) is 13.9. The second-order valence-corrected chi connectivity index (χ2v) is 13.7. The van der Waals surface area contributed by atoms with Crippen molar-refractivity contribution in [3.8, 4) is 0 Å². The number of carbonyl (C=O) groups is 2. The van der Waals surface area contributed by atoms with Gasteiger partial charge in [0.15, 0.2) is 0 Å². The van der Waals surface area contributed by atoms with Crippen molar-refractivity contribution in [3.63, 3.8) is 0 Å². The summed E-state index contributed by atoms with van der Waals surface area (Å²) in [5, 5.41) is 1.51. The highest BCUT2D eigenvalue weighted by Crippen LogP contribution is 2.67. The standard InChI is InChI=1S/C32H40O4/c1-29(2)19-13-15-31(29,5)25(17-19)35-27(33)23-11-12-24(22-10-8-7-9-21(22)23)28(34)36-26-18-20-14-16-32(26,6)30(20,3)4/h7-12,19-20,25-26H,13-18H2,1-6H3/t19-,20-,25+,26+,31+,32+/m0/s1. The molecule has 0 N–H and O–H groups in total. The lowest BCUT2D eigenvalue weighted by Gasteiger charge is -2.38. The molecule has 0 aromatic heterocycles. The zero-order valence-electron chi connectivity index (χ0n) is 22.6. The van der Waals surface area contributed by atoms with Crippen LogP contribution in [0.2, 0.25) is 0 Å². The lowest BCUT2D eigenvalue weighted by Crippen LogP contribution is -2.38. The van der Waals surface area contributed by atoms with E-state index in [4.69, 9.17) is 9.47 Å². The van der Waals surface area contributed by atoms with Crippen LogP contribution in [0.5, 0.6) is 0 Å². The SMILES string of the molecule is CC1(C)[C@H]2CC[C@]1(C)[C@H](OC(=O)c1ccc(C(=O)O[C@@H]3C[C@@H]4CC[C@@]3(C)C4(C)C)c3ccccc13)C2. The molecule has 4 heteroatoms. The van der Waals surface area contributed by atoms with E-state index in [0.29, 0.717) is 23.0 Å². The minimum absolute atomic E-state index is 0.0113. The molecule has 4 nitrogen and oxygen atoms in total. The predicted molar refractivity (Wildman–Crippen MR) is 141 cm³/mol. The lowest BCUT2D eigenvalue weighted by atomic mass is 9.70. The second kappa shape index (κ2) is 7.58. The zero-order chi connectivity index (χ0) is 25.7. The minimum atomic E-state index is -0.289. The molecule has 4 bridgehead atoms. The normalized spacial score (nSPS) is 37.4. The van der Waals surface area contributed by atoms with E-state index in [1.165, 1.54) is 12.8 Å². The third-order valence-electron chi connectivity index (χ3n) is 12.3. The molecule has 4 aliphatic rings. The van der Waals surface area contributed by atoms with E-state index in [-0.39, 0.29) is 45.8 Å². The summed E-state index contributed by atoms with van der Waals surface area (Å²) in [6, 6.07) is 11.2. The van der Waals surface area contributed by atoms with Crippen molar-refractivity contribution in [3.05, 3.63) is 47.5 Å². The number of ether oxygens (including phenoxy) is 2. The van der Waals surface area contributed by atoms with Crippen LogP contribution >= 0.6 is 0 Å². The van der Waals surface area contributed by atoms with Gasteiger partial charge in [-0.1, -0.05) is 65.8 Å². The highest BCUT2D eigenvalue weighted by Gasteiger charge is 2.64. The fourth-order valence-corrected chi connectivity index (χ4v) is 8.66. The molecule has 4 saturated carbocycles. The molecule has 0 spiro atoms. The number of hydrogen-bond donors (Lipinski definition) is 0. The third-order valence-corrected chi connectivity index (χ3v) is 12.3. The molecule has 192 valence electrons. The van der Waals surface area contributed by atoms with E-state index in [2.05, 4.69) is 41.5 Å². The van der Waals surface area contributed by atoms with Gasteiger partial charge in [0.25, 0.3) is 0 Å². The van der Waals surface area contributed by atoms with Crippen LogP contribution in [0.4, 0.5) is 0 Å². The average molecular weight is 489 g/mol. The van der Waals surface area contributed by atoms with Crippen molar-refractivity contribution in [1.82, 2.24) is 0 Å². The highest BCUT2D eigenvalue weighted by atomic mass is 16.5. The summed E-state index contributed by atoms with van der Waals surface area (Å²) in [5.41, 5.74) is 1.44. The van der Waals surface area contributed by atoms with Gasteiger partial charge in [0.1, 0.15) is 12.2 Å². The van der Waals surface area contributed by atoms with Crippen LogP contribution in [0.15, 0.2) is 36.4 Å². The van der Waals surface area contributed by atoms with Crippen LogP contribution in [0, 0.1) is 33.5 Å². The van der Waals surface area contributed by atoms with Crippen molar-refractivity contribution in [2.24, 2.45) is 33.5 Å². The Morgan fingerprint density at radius 3 is 1.36 bits per heavy atom. The molecule has 6 atom stereocenters. The Balaban J connectivity index is 1.26. The summed E-state index contributed by atoms with van der Waals surface area (Å²) >= 11 is 0. The van der Waals surface area contributed by atoms with Crippen LogP contribution in [0.3, 0.4) is 0 Å². The quantitative estimate of drug-likeness (QED) is 0.416.